The van der Waals surface area contributed by atoms with Crippen LogP contribution in [0.5, 0.6) is 11.6 Å². The monoisotopic (exact) mass is 578 g/mol. The summed E-state index contributed by atoms with van der Waals surface area (Å²) in [4.78, 5) is 25.1. The van der Waals surface area contributed by atoms with Crippen LogP contribution in [-0.4, -0.2) is 68.2 Å². The summed E-state index contributed by atoms with van der Waals surface area (Å²) in [5.41, 5.74) is 6.65. The molecule has 2 aromatic heterocycles. The highest BCUT2D eigenvalue weighted by molar-refractivity contribution is 7.52. The van der Waals surface area contributed by atoms with Crippen molar-refractivity contribution >= 4 is 30.8 Å². The molecule has 0 spiro atoms. The van der Waals surface area contributed by atoms with Crippen LogP contribution in [0.1, 0.15) is 40.8 Å². The third kappa shape index (κ3) is 6.70. The van der Waals surface area contributed by atoms with Crippen molar-refractivity contribution in [3.63, 3.8) is 0 Å². The maximum absolute atomic E-state index is 13.8. The quantitative estimate of drug-likeness (QED) is 0.211. The summed E-state index contributed by atoms with van der Waals surface area (Å²) in [7, 11) is -4.15. The minimum atomic E-state index is -4.15. The number of aliphatic hydroxyl groups excluding tert-OH is 1. The summed E-state index contributed by atoms with van der Waals surface area (Å²) in [5.74, 6) is -0.570. The van der Waals surface area contributed by atoms with Gasteiger partial charge < -0.3 is 29.6 Å². The van der Waals surface area contributed by atoms with Gasteiger partial charge in [0.15, 0.2) is 11.2 Å². The Labute approximate surface area is 231 Å². The SMILES string of the molecule is CCOc1nc(N)nc2c1ncn2C1O[C@H](CO[P@](=O)(N[C@H](C)C(=O)OC(C)C)Oc2ccccc2)[C@@H](O)[C@@H]1C. The molecule has 1 saturated heterocycles. The van der Waals surface area contributed by atoms with E-state index < -0.39 is 44.1 Å². The Kier molecular flexibility index (Phi) is 9.26. The molecule has 1 fully saturated rings. The average molecular weight is 579 g/mol. The number of hydrogen-bond donors (Lipinski definition) is 3. The average Bonchev–Trinajstić information content (AvgIpc) is 3.43. The van der Waals surface area contributed by atoms with Crippen LogP contribution in [-0.2, 0) is 23.4 Å². The van der Waals surface area contributed by atoms with E-state index in [-0.39, 0.29) is 30.3 Å². The first-order valence-electron chi connectivity index (χ1n) is 12.9. The molecule has 6 atom stereocenters. The summed E-state index contributed by atoms with van der Waals surface area (Å²) in [6.45, 7) is 8.55. The lowest BCUT2D eigenvalue weighted by Gasteiger charge is -2.25. The number of imidazole rings is 1. The Morgan fingerprint density at radius 1 is 1.25 bits per heavy atom. The minimum absolute atomic E-state index is 0.000955. The standard InChI is InChI=1S/C25H35N6O8P/c1-6-35-22-19-21(28-25(26)29-22)31(13-27-19)23-15(4)20(32)18(38-23)12-36-40(34,39-17-10-8-7-9-11-17)30-16(5)24(33)37-14(2)3/h7-11,13-16,18,20,23,32H,6,12H2,1-5H3,(H,30,34)(H2,26,28,29)/t15-,16+,18+,20-,23?,40+/m0/s1. The van der Waals surface area contributed by atoms with Gasteiger partial charge in [-0.2, -0.15) is 15.1 Å². The lowest BCUT2D eigenvalue weighted by atomic mass is 10.0. The molecule has 3 aromatic rings. The number of nitrogen functional groups attached to an aromatic ring is 1. The number of carbonyl (C=O) groups is 1. The van der Waals surface area contributed by atoms with Gasteiger partial charge in [-0.1, -0.05) is 25.1 Å². The van der Waals surface area contributed by atoms with Crippen LogP contribution in [0.15, 0.2) is 36.7 Å². The summed E-state index contributed by atoms with van der Waals surface area (Å²) in [6.07, 6.45) is -1.49. The number of aromatic nitrogens is 4. The van der Waals surface area contributed by atoms with Gasteiger partial charge in [-0.05, 0) is 39.8 Å². The number of benzene rings is 1. The molecule has 15 heteroatoms. The van der Waals surface area contributed by atoms with E-state index in [1.807, 2.05) is 6.92 Å². The molecule has 1 aliphatic rings. The zero-order chi connectivity index (χ0) is 29.0. The second-order valence-electron chi connectivity index (χ2n) is 9.59. The molecule has 218 valence electrons. The molecule has 4 N–H and O–H groups in total. The molecule has 0 amide bonds. The van der Waals surface area contributed by atoms with Gasteiger partial charge in [-0.25, -0.2) is 9.55 Å². The van der Waals surface area contributed by atoms with Crippen molar-refractivity contribution in [2.45, 2.75) is 65.2 Å². The first-order chi connectivity index (χ1) is 19.0. The van der Waals surface area contributed by atoms with Gasteiger partial charge in [0.05, 0.1) is 31.7 Å². The fourth-order valence-corrected chi connectivity index (χ4v) is 5.69. The highest BCUT2D eigenvalue weighted by Gasteiger charge is 2.44. The van der Waals surface area contributed by atoms with Crippen LogP contribution in [0, 0.1) is 5.92 Å². The lowest BCUT2D eigenvalue weighted by molar-refractivity contribution is -0.149. The normalized spacial score (nSPS) is 23.2. The number of aliphatic hydroxyl groups is 1. The molecule has 1 aliphatic heterocycles. The number of carbonyl (C=O) groups excluding carboxylic acids is 1. The van der Waals surface area contributed by atoms with Crippen molar-refractivity contribution in [2.75, 3.05) is 18.9 Å². The molecule has 0 saturated carbocycles. The number of para-hydroxylation sites is 1. The Balaban J connectivity index is 1.52. The van der Waals surface area contributed by atoms with Crippen molar-refractivity contribution in [1.82, 2.24) is 24.6 Å². The predicted octanol–water partition coefficient (Wildman–Crippen LogP) is 2.83. The van der Waals surface area contributed by atoms with Gasteiger partial charge in [0.1, 0.15) is 24.1 Å². The van der Waals surface area contributed by atoms with E-state index in [1.165, 1.54) is 13.3 Å². The van der Waals surface area contributed by atoms with E-state index in [0.717, 1.165) is 0 Å². The molecule has 0 aliphatic carbocycles. The number of fused-ring (bicyclic) bond motifs is 1. The fraction of sp³-hybridized carbons (Fsp3) is 0.520. The zero-order valence-corrected chi connectivity index (χ0v) is 23.9. The summed E-state index contributed by atoms with van der Waals surface area (Å²) >= 11 is 0. The van der Waals surface area contributed by atoms with Crippen molar-refractivity contribution in [2.24, 2.45) is 5.92 Å². The second kappa shape index (κ2) is 12.5. The van der Waals surface area contributed by atoms with Crippen molar-refractivity contribution in [1.29, 1.82) is 0 Å². The number of esters is 1. The zero-order valence-electron chi connectivity index (χ0n) is 23.0. The molecule has 0 bridgehead atoms. The third-order valence-corrected chi connectivity index (χ3v) is 7.72. The largest absolute Gasteiger partial charge is 0.476 e. The van der Waals surface area contributed by atoms with Crippen LogP contribution < -0.4 is 20.1 Å². The number of nitrogens with two attached hydrogens (primary N) is 1. The highest BCUT2D eigenvalue weighted by atomic mass is 31.2. The van der Waals surface area contributed by atoms with Gasteiger partial charge in [-0.15, -0.1) is 0 Å². The highest BCUT2D eigenvalue weighted by Crippen LogP contribution is 2.46. The number of rotatable bonds is 12. The van der Waals surface area contributed by atoms with E-state index in [2.05, 4.69) is 20.0 Å². The molecule has 14 nitrogen and oxygen atoms in total. The van der Waals surface area contributed by atoms with E-state index in [0.29, 0.717) is 17.8 Å². The maximum Gasteiger partial charge on any atom is 0.459 e. The summed E-state index contributed by atoms with van der Waals surface area (Å²) in [6, 6.07) is 7.36. The van der Waals surface area contributed by atoms with Crippen LogP contribution in [0.4, 0.5) is 5.95 Å². The van der Waals surface area contributed by atoms with E-state index >= 15 is 0 Å². The first kappa shape index (κ1) is 29.7. The molecular weight excluding hydrogens is 543 g/mol. The topological polar surface area (TPSA) is 182 Å². The van der Waals surface area contributed by atoms with Gasteiger partial charge >= 0.3 is 13.7 Å². The minimum Gasteiger partial charge on any atom is -0.476 e. The van der Waals surface area contributed by atoms with Crippen molar-refractivity contribution in [3.8, 4) is 11.6 Å². The number of ether oxygens (including phenoxy) is 3. The summed E-state index contributed by atoms with van der Waals surface area (Å²) in [5, 5.41) is 13.6. The van der Waals surface area contributed by atoms with E-state index in [4.69, 9.17) is 29.0 Å². The second-order valence-corrected chi connectivity index (χ2v) is 11.3. The summed E-state index contributed by atoms with van der Waals surface area (Å²) < 4.78 is 43.7. The Hall–Kier alpha value is -3.29. The molecule has 0 radical (unpaired) electrons. The number of nitrogens with zero attached hydrogens (tertiary/aromatic N) is 4. The molecule has 1 unspecified atom stereocenters. The van der Waals surface area contributed by atoms with Crippen LogP contribution in [0.3, 0.4) is 0 Å². The molecule has 3 heterocycles. The van der Waals surface area contributed by atoms with Gasteiger partial charge in [0, 0.05) is 5.92 Å². The number of anilines is 1. The van der Waals surface area contributed by atoms with E-state index in [1.54, 1.807) is 55.7 Å². The Morgan fingerprint density at radius 3 is 2.65 bits per heavy atom. The van der Waals surface area contributed by atoms with Crippen molar-refractivity contribution < 1.29 is 37.7 Å². The van der Waals surface area contributed by atoms with E-state index in [9.17, 15) is 14.5 Å². The third-order valence-electron chi connectivity index (χ3n) is 6.08. The first-order valence-corrected chi connectivity index (χ1v) is 14.5. The van der Waals surface area contributed by atoms with Gasteiger partial charge in [-0.3, -0.25) is 13.9 Å². The molecule has 40 heavy (non-hydrogen) atoms. The maximum atomic E-state index is 13.8. The Bertz CT molecular complexity index is 1360. The smallest absolute Gasteiger partial charge is 0.459 e. The Morgan fingerprint density at radius 2 is 1.98 bits per heavy atom. The van der Waals surface area contributed by atoms with Crippen LogP contribution >= 0.6 is 7.75 Å². The van der Waals surface area contributed by atoms with Gasteiger partial charge in [0.25, 0.3) is 0 Å². The van der Waals surface area contributed by atoms with Crippen LogP contribution in [0.25, 0.3) is 11.2 Å². The lowest BCUT2D eigenvalue weighted by Crippen LogP contribution is -2.37. The number of hydrogen-bond acceptors (Lipinski definition) is 12. The molecule has 4 rings (SSSR count). The fourth-order valence-electron chi connectivity index (χ4n) is 4.18. The van der Waals surface area contributed by atoms with Crippen molar-refractivity contribution in [3.05, 3.63) is 36.7 Å². The predicted molar refractivity (Wildman–Crippen MR) is 144 cm³/mol. The van der Waals surface area contributed by atoms with Crippen LogP contribution in [0.2, 0.25) is 0 Å². The molecule has 1 aromatic carbocycles. The molecular formula is C25H35N6O8P. The number of nitrogens with one attached hydrogen (secondary N) is 1. The van der Waals surface area contributed by atoms with Gasteiger partial charge in [0.2, 0.25) is 11.8 Å².